The first-order valence-electron chi connectivity index (χ1n) is 7.94. The fourth-order valence-corrected chi connectivity index (χ4v) is 2.11. The molecule has 3 N–H and O–H groups in total. The van der Waals surface area contributed by atoms with Crippen LogP contribution in [-0.4, -0.2) is 38.7 Å². The number of methoxy groups -OCH3 is 1. The summed E-state index contributed by atoms with van der Waals surface area (Å²) in [5, 5.41) is 7.75. The summed E-state index contributed by atoms with van der Waals surface area (Å²) < 4.78 is 38.8. The Morgan fingerprint density at radius 3 is 2.56 bits per heavy atom. The average molecular weight is 383 g/mol. The van der Waals surface area contributed by atoms with Gasteiger partial charge in [0.05, 0.1) is 13.4 Å². The standard InChI is InChI=1S/C17H19F2N3O5/c1-25-14-9-11(4-5-12(14)27-16(18)19)10-22-17(24)21-7-6-20-15(23)13-3-2-8-26-13/h2-5,8-9,16H,6-7,10H2,1H3,(H,20,23)(H2,21,22,24). The fourth-order valence-electron chi connectivity index (χ4n) is 2.11. The molecular formula is C17H19F2N3O5. The number of hydrogen-bond acceptors (Lipinski definition) is 5. The summed E-state index contributed by atoms with van der Waals surface area (Å²) in [6.45, 7) is -2.37. The smallest absolute Gasteiger partial charge is 0.387 e. The number of amides is 3. The van der Waals surface area contributed by atoms with E-state index in [9.17, 15) is 18.4 Å². The monoisotopic (exact) mass is 383 g/mol. The molecule has 0 fully saturated rings. The average Bonchev–Trinajstić information content (AvgIpc) is 3.18. The van der Waals surface area contributed by atoms with Crippen LogP contribution in [-0.2, 0) is 6.54 Å². The largest absolute Gasteiger partial charge is 0.493 e. The third-order valence-corrected chi connectivity index (χ3v) is 3.34. The van der Waals surface area contributed by atoms with Crippen molar-refractivity contribution >= 4 is 11.9 Å². The molecule has 0 radical (unpaired) electrons. The van der Waals surface area contributed by atoms with Crippen molar-refractivity contribution < 1.29 is 32.3 Å². The number of benzene rings is 1. The van der Waals surface area contributed by atoms with Crippen LogP contribution in [0, 0.1) is 0 Å². The first-order chi connectivity index (χ1) is 13.0. The van der Waals surface area contributed by atoms with Gasteiger partial charge in [0.25, 0.3) is 5.91 Å². The van der Waals surface area contributed by atoms with Gasteiger partial charge in [0.1, 0.15) is 0 Å². The van der Waals surface area contributed by atoms with Crippen LogP contribution in [0.5, 0.6) is 11.5 Å². The minimum atomic E-state index is -2.96. The van der Waals surface area contributed by atoms with E-state index in [0.717, 1.165) is 0 Å². The lowest BCUT2D eigenvalue weighted by atomic mass is 10.2. The van der Waals surface area contributed by atoms with Crippen molar-refractivity contribution in [1.82, 2.24) is 16.0 Å². The fraction of sp³-hybridized carbons (Fsp3) is 0.294. The van der Waals surface area contributed by atoms with E-state index in [1.54, 1.807) is 6.07 Å². The Bertz CT molecular complexity index is 753. The van der Waals surface area contributed by atoms with Crippen LogP contribution < -0.4 is 25.4 Å². The van der Waals surface area contributed by atoms with Gasteiger partial charge in [0.2, 0.25) is 0 Å². The molecule has 2 rings (SSSR count). The Hall–Kier alpha value is -3.30. The summed E-state index contributed by atoms with van der Waals surface area (Å²) >= 11 is 0. The quantitative estimate of drug-likeness (QED) is 0.576. The number of carbonyl (C=O) groups excluding carboxylic acids is 2. The third-order valence-electron chi connectivity index (χ3n) is 3.34. The second-order valence-electron chi connectivity index (χ2n) is 5.21. The van der Waals surface area contributed by atoms with Crippen LogP contribution >= 0.6 is 0 Å². The minimum absolute atomic E-state index is 0.0898. The van der Waals surface area contributed by atoms with Crippen molar-refractivity contribution in [3.05, 3.63) is 47.9 Å². The predicted octanol–water partition coefficient (Wildman–Crippen LogP) is 2.12. The van der Waals surface area contributed by atoms with E-state index in [1.165, 1.54) is 37.6 Å². The second-order valence-corrected chi connectivity index (χ2v) is 5.21. The summed E-state index contributed by atoms with van der Waals surface area (Å²) in [7, 11) is 1.33. The molecule has 0 saturated carbocycles. The topological polar surface area (TPSA) is 102 Å². The Morgan fingerprint density at radius 1 is 1.11 bits per heavy atom. The van der Waals surface area contributed by atoms with E-state index < -0.39 is 12.6 Å². The van der Waals surface area contributed by atoms with Crippen molar-refractivity contribution in [2.75, 3.05) is 20.2 Å². The highest BCUT2D eigenvalue weighted by atomic mass is 19.3. The zero-order chi connectivity index (χ0) is 19.6. The second kappa shape index (κ2) is 10.00. The highest BCUT2D eigenvalue weighted by molar-refractivity contribution is 5.91. The van der Waals surface area contributed by atoms with E-state index in [2.05, 4.69) is 20.7 Å². The molecule has 0 aliphatic rings. The van der Waals surface area contributed by atoms with Gasteiger partial charge in [0.15, 0.2) is 17.3 Å². The van der Waals surface area contributed by atoms with Crippen molar-refractivity contribution in [3.63, 3.8) is 0 Å². The lowest BCUT2D eigenvalue weighted by Gasteiger charge is -2.12. The van der Waals surface area contributed by atoms with E-state index in [4.69, 9.17) is 9.15 Å². The zero-order valence-electron chi connectivity index (χ0n) is 14.5. The molecular weight excluding hydrogens is 364 g/mol. The van der Waals surface area contributed by atoms with Crippen molar-refractivity contribution in [1.29, 1.82) is 0 Å². The van der Waals surface area contributed by atoms with Crippen molar-refractivity contribution in [2.24, 2.45) is 0 Å². The van der Waals surface area contributed by atoms with Gasteiger partial charge in [-0.05, 0) is 29.8 Å². The number of urea groups is 1. The Kier molecular flexibility index (Phi) is 7.41. The van der Waals surface area contributed by atoms with Crippen LogP contribution in [0.15, 0.2) is 41.0 Å². The minimum Gasteiger partial charge on any atom is -0.493 e. The van der Waals surface area contributed by atoms with Gasteiger partial charge in [-0.3, -0.25) is 4.79 Å². The van der Waals surface area contributed by atoms with Crippen LogP contribution in [0.25, 0.3) is 0 Å². The van der Waals surface area contributed by atoms with Crippen LogP contribution in [0.3, 0.4) is 0 Å². The Balaban J connectivity index is 1.71. The number of rotatable bonds is 9. The molecule has 0 spiro atoms. The van der Waals surface area contributed by atoms with Gasteiger partial charge in [-0.2, -0.15) is 8.78 Å². The summed E-state index contributed by atoms with van der Waals surface area (Å²) in [5.41, 5.74) is 0.634. The molecule has 0 atom stereocenters. The SMILES string of the molecule is COc1cc(CNC(=O)NCCNC(=O)c2ccco2)ccc1OC(F)F. The molecule has 0 aliphatic carbocycles. The third kappa shape index (κ3) is 6.49. The molecule has 0 unspecified atom stereocenters. The predicted molar refractivity (Wildman–Crippen MR) is 90.9 cm³/mol. The lowest BCUT2D eigenvalue weighted by molar-refractivity contribution is -0.0512. The number of nitrogens with one attached hydrogen (secondary N) is 3. The van der Waals surface area contributed by atoms with Gasteiger partial charge in [-0.15, -0.1) is 0 Å². The first-order valence-corrected chi connectivity index (χ1v) is 7.94. The maximum absolute atomic E-state index is 12.3. The van der Waals surface area contributed by atoms with E-state index >= 15 is 0 Å². The summed E-state index contributed by atoms with van der Waals surface area (Å²) in [6, 6.07) is 7.04. The van der Waals surface area contributed by atoms with E-state index in [0.29, 0.717) is 5.56 Å². The summed E-state index contributed by atoms with van der Waals surface area (Å²) in [6.07, 6.45) is 1.39. The number of furan rings is 1. The summed E-state index contributed by atoms with van der Waals surface area (Å²) in [5.74, 6) is -0.142. The molecule has 2 aromatic rings. The number of hydrogen-bond donors (Lipinski definition) is 3. The van der Waals surface area contributed by atoms with Crippen LogP contribution in [0.1, 0.15) is 16.1 Å². The molecule has 0 bridgehead atoms. The van der Waals surface area contributed by atoms with Gasteiger partial charge in [0, 0.05) is 19.6 Å². The highest BCUT2D eigenvalue weighted by Gasteiger charge is 2.11. The lowest BCUT2D eigenvalue weighted by Crippen LogP contribution is -2.40. The van der Waals surface area contributed by atoms with Gasteiger partial charge in [-0.1, -0.05) is 6.07 Å². The zero-order valence-corrected chi connectivity index (χ0v) is 14.5. The number of ether oxygens (including phenoxy) is 2. The first kappa shape index (κ1) is 20.0. The molecule has 146 valence electrons. The number of alkyl halides is 2. The molecule has 1 aromatic heterocycles. The van der Waals surface area contributed by atoms with Crippen LogP contribution in [0.4, 0.5) is 13.6 Å². The summed E-state index contributed by atoms with van der Waals surface area (Å²) in [4.78, 5) is 23.4. The van der Waals surface area contributed by atoms with Crippen LogP contribution in [0.2, 0.25) is 0 Å². The number of halogens is 2. The maximum atomic E-state index is 12.3. The Morgan fingerprint density at radius 2 is 1.89 bits per heavy atom. The van der Waals surface area contributed by atoms with E-state index in [1.807, 2.05) is 0 Å². The van der Waals surface area contributed by atoms with Crippen molar-refractivity contribution in [2.45, 2.75) is 13.2 Å². The molecule has 10 heteroatoms. The molecule has 1 heterocycles. The van der Waals surface area contributed by atoms with Gasteiger partial charge < -0.3 is 29.8 Å². The highest BCUT2D eigenvalue weighted by Crippen LogP contribution is 2.29. The van der Waals surface area contributed by atoms with Crippen molar-refractivity contribution in [3.8, 4) is 11.5 Å². The molecule has 1 aromatic carbocycles. The molecule has 0 saturated heterocycles. The number of carbonyl (C=O) groups is 2. The van der Waals surface area contributed by atoms with Gasteiger partial charge in [-0.25, -0.2) is 4.79 Å². The molecule has 27 heavy (non-hydrogen) atoms. The molecule has 3 amide bonds. The maximum Gasteiger partial charge on any atom is 0.387 e. The van der Waals surface area contributed by atoms with Gasteiger partial charge >= 0.3 is 12.6 Å². The molecule has 8 nitrogen and oxygen atoms in total. The normalized spacial score (nSPS) is 10.4. The Labute approximate surface area is 153 Å². The van der Waals surface area contributed by atoms with E-state index in [-0.39, 0.29) is 42.8 Å². The molecule has 0 aliphatic heterocycles.